The normalized spacial score (nSPS) is 39.9. The number of allylic oxidation sites excluding steroid dienone is 1. The number of carbonyl (C=O) groups is 1. The van der Waals surface area contributed by atoms with Crippen molar-refractivity contribution in [2.75, 3.05) is 39.3 Å². The summed E-state index contributed by atoms with van der Waals surface area (Å²) in [7, 11) is 5.46. The summed E-state index contributed by atoms with van der Waals surface area (Å²) in [4.78, 5) is 18.3. The summed E-state index contributed by atoms with van der Waals surface area (Å²) in [6, 6.07) is 6.38. The molecule has 5 nitrogen and oxygen atoms in total. The molecule has 4 aliphatic heterocycles. The predicted octanol–water partition coefficient (Wildman–Crippen LogP) is 2.94. The molecule has 1 aliphatic carbocycles. The second kappa shape index (κ2) is 5.51. The van der Waals surface area contributed by atoms with E-state index in [1.165, 1.54) is 23.9 Å². The van der Waals surface area contributed by atoms with Crippen LogP contribution >= 0.6 is 0 Å². The Morgan fingerprint density at radius 3 is 2.81 bits per heavy atom. The van der Waals surface area contributed by atoms with Gasteiger partial charge in [0, 0.05) is 31.2 Å². The molecule has 144 valence electrons. The molecule has 3 saturated heterocycles. The van der Waals surface area contributed by atoms with Gasteiger partial charge in [-0.15, -0.1) is 0 Å². The quantitative estimate of drug-likeness (QED) is 0.593. The summed E-state index contributed by atoms with van der Waals surface area (Å²) in [5, 5.41) is 0. The lowest BCUT2D eigenvalue weighted by atomic mass is 9.54. The first-order valence-electron chi connectivity index (χ1n) is 9.95. The molecule has 4 heterocycles. The maximum atomic E-state index is 13.2. The Kier molecular flexibility index (Phi) is 3.49. The maximum Gasteiger partial charge on any atom is 0.310 e. The van der Waals surface area contributed by atoms with E-state index in [9.17, 15) is 4.79 Å². The van der Waals surface area contributed by atoms with Gasteiger partial charge in [0.05, 0.1) is 20.1 Å². The van der Waals surface area contributed by atoms with Gasteiger partial charge < -0.3 is 14.4 Å². The van der Waals surface area contributed by atoms with Gasteiger partial charge in [-0.3, -0.25) is 9.69 Å². The number of ether oxygens (including phenoxy) is 2. The molecule has 1 aromatic rings. The second-order valence-electron chi connectivity index (χ2n) is 8.41. The maximum absolute atomic E-state index is 13.2. The molecule has 5 heteroatoms. The van der Waals surface area contributed by atoms with E-state index in [0.29, 0.717) is 0 Å². The van der Waals surface area contributed by atoms with Gasteiger partial charge in [-0.2, -0.15) is 0 Å². The van der Waals surface area contributed by atoms with Gasteiger partial charge in [0.1, 0.15) is 11.4 Å². The summed E-state index contributed by atoms with van der Waals surface area (Å²) >= 11 is 0. The fraction of sp³-hybridized carbons (Fsp3) is 0.591. The van der Waals surface area contributed by atoms with Crippen molar-refractivity contribution in [3.8, 4) is 5.75 Å². The molecule has 6 rings (SSSR count). The van der Waals surface area contributed by atoms with Crippen LogP contribution in [-0.2, 0) is 14.9 Å². The van der Waals surface area contributed by atoms with Crippen LogP contribution in [0.25, 0.3) is 0 Å². The molecule has 4 fully saturated rings. The lowest BCUT2D eigenvalue weighted by Gasteiger charge is -2.54. The van der Waals surface area contributed by atoms with E-state index in [0.717, 1.165) is 38.1 Å². The van der Waals surface area contributed by atoms with Crippen molar-refractivity contribution in [1.82, 2.24) is 4.90 Å². The molecule has 1 aromatic carbocycles. The zero-order chi connectivity index (χ0) is 19.0. The average molecular weight is 368 g/mol. The molecule has 0 aromatic heterocycles. The smallest absolute Gasteiger partial charge is 0.310 e. The largest absolute Gasteiger partial charge is 0.497 e. The first kappa shape index (κ1) is 17.1. The lowest BCUT2D eigenvalue weighted by molar-refractivity contribution is -0.154. The van der Waals surface area contributed by atoms with Crippen molar-refractivity contribution in [3.63, 3.8) is 0 Å². The van der Waals surface area contributed by atoms with Crippen molar-refractivity contribution in [3.05, 3.63) is 35.4 Å². The summed E-state index contributed by atoms with van der Waals surface area (Å²) in [5.41, 5.74) is 3.51. The van der Waals surface area contributed by atoms with Crippen LogP contribution < -0.4 is 9.64 Å². The van der Waals surface area contributed by atoms with Crippen molar-refractivity contribution in [1.29, 1.82) is 0 Å². The van der Waals surface area contributed by atoms with E-state index in [4.69, 9.17) is 9.47 Å². The second-order valence-corrected chi connectivity index (χ2v) is 8.41. The van der Waals surface area contributed by atoms with E-state index >= 15 is 0 Å². The molecule has 5 aliphatic rings. The highest BCUT2D eigenvalue weighted by Gasteiger charge is 2.75. The molecule has 5 atom stereocenters. The standard InChI is InChI=1S/C22H28N2O3/c1-5-14-13-24-11-10-21-17-12-15(26-3)6-7-18(17)23(2)22(21,24)9-8-16(14)19(21)20(25)27-4/h5-7,12,16,19H,8-11,13H2,1-4H3/b14-5+/t16-,19-,21-,22?/m0/s1. The molecule has 0 amide bonds. The highest BCUT2D eigenvalue weighted by Crippen LogP contribution is 2.69. The monoisotopic (exact) mass is 368 g/mol. The number of carbonyl (C=O) groups excluding carboxylic acids is 1. The van der Waals surface area contributed by atoms with Gasteiger partial charge in [0.15, 0.2) is 0 Å². The molecule has 4 bridgehead atoms. The summed E-state index contributed by atoms with van der Waals surface area (Å²) in [6.45, 7) is 4.08. The number of methoxy groups -OCH3 is 2. The summed E-state index contributed by atoms with van der Waals surface area (Å²) in [5.74, 6) is 0.912. The fourth-order valence-corrected chi connectivity index (χ4v) is 7.06. The van der Waals surface area contributed by atoms with Crippen LogP contribution in [0.5, 0.6) is 5.75 Å². The van der Waals surface area contributed by atoms with Crippen LogP contribution in [0.3, 0.4) is 0 Å². The molecule has 2 unspecified atom stereocenters. The topological polar surface area (TPSA) is 42.0 Å². The van der Waals surface area contributed by atoms with E-state index in [-0.39, 0.29) is 28.9 Å². The Morgan fingerprint density at radius 2 is 2.11 bits per heavy atom. The third kappa shape index (κ3) is 1.73. The zero-order valence-corrected chi connectivity index (χ0v) is 16.6. The Bertz CT molecular complexity index is 850. The first-order chi connectivity index (χ1) is 13.0. The Balaban J connectivity index is 1.84. The summed E-state index contributed by atoms with van der Waals surface area (Å²) < 4.78 is 11.0. The third-order valence-corrected chi connectivity index (χ3v) is 8.03. The fourth-order valence-electron chi connectivity index (χ4n) is 7.06. The van der Waals surface area contributed by atoms with Crippen molar-refractivity contribution in [2.45, 2.75) is 37.3 Å². The van der Waals surface area contributed by atoms with E-state index in [1.807, 2.05) is 6.07 Å². The molecule has 27 heavy (non-hydrogen) atoms. The molecular weight excluding hydrogens is 340 g/mol. The lowest BCUT2D eigenvalue weighted by Crippen LogP contribution is -2.66. The van der Waals surface area contributed by atoms with E-state index in [1.54, 1.807) is 7.11 Å². The van der Waals surface area contributed by atoms with E-state index < -0.39 is 0 Å². The number of benzene rings is 1. The molecule has 0 radical (unpaired) electrons. The number of nitrogens with zero attached hydrogens (tertiary/aromatic N) is 2. The van der Waals surface area contributed by atoms with Crippen LogP contribution in [0.2, 0.25) is 0 Å². The van der Waals surface area contributed by atoms with Gasteiger partial charge in [-0.1, -0.05) is 11.6 Å². The number of likely N-dealkylation sites (N-methyl/N-ethyl adjacent to an activating group) is 1. The van der Waals surface area contributed by atoms with Crippen LogP contribution in [-0.4, -0.2) is 50.9 Å². The van der Waals surface area contributed by atoms with Gasteiger partial charge in [-0.25, -0.2) is 0 Å². The Morgan fingerprint density at radius 1 is 1.30 bits per heavy atom. The minimum Gasteiger partial charge on any atom is -0.497 e. The summed E-state index contributed by atoms with van der Waals surface area (Å²) in [6.07, 6.45) is 5.34. The van der Waals surface area contributed by atoms with Crippen molar-refractivity contribution >= 4 is 11.7 Å². The minimum absolute atomic E-state index is 0.0590. The van der Waals surface area contributed by atoms with Gasteiger partial charge in [0.25, 0.3) is 0 Å². The van der Waals surface area contributed by atoms with Crippen LogP contribution in [0.15, 0.2) is 29.8 Å². The van der Waals surface area contributed by atoms with Crippen LogP contribution in [0.4, 0.5) is 5.69 Å². The zero-order valence-electron chi connectivity index (χ0n) is 16.6. The van der Waals surface area contributed by atoms with Crippen molar-refractivity contribution in [2.24, 2.45) is 11.8 Å². The third-order valence-electron chi connectivity index (χ3n) is 8.03. The minimum atomic E-state index is -0.244. The number of rotatable bonds is 2. The highest BCUT2D eigenvalue weighted by atomic mass is 16.5. The number of fused-ring (bicyclic) bond motifs is 3. The van der Waals surface area contributed by atoms with Gasteiger partial charge in [-0.05, 0) is 55.9 Å². The number of esters is 1. The van der Waals surface area contributed by atoms with Crippen LogP contribution in [0.1, 0.15) is 31.7 Å². The Labute approximate surface area is 160 Å². The molecular formula is C22H28N2O3. The molecule has 1 spiro atoms. The van der Waals surface area contributed by atoms with Crippen LogP contribution in [0, 0.1) is 11.8 Å². The number of hydrogen-bond acceptors (Lipinski definition) is 5. The van der Waals surface area contributed by atoms with Gasteiger partial charge >= 0.3 is 5.97 Å². The SMILES string of the molecule is C/C=C1\CN2CC[C@@]34c5cc(OC)ccc5N(C)C23CC[C@@H]1[C@H]4C(=O)OC. The molecule has 1 saturated carbocycles. The molecule has 0 N–H and O–H groups in total. The average Bonchev–Trinajstić information content (AvgIpc) is 3.03. The Hall–Kier alpha value is -2.01. The van der Waals surface area contributed by atoms with Crippen molar-refractivity contribution < 1.29 is 14.3 Å². The number of anilines is 1. The number of hydrogen-bond donors (Lipinski definition) is 0. The first-order valence-corrected chi connectivity index (χ1v) is 9.95. The highest BCUT2D eigenvalue weighted by molar-refractivity contribution is 5.82. The van der Waals surface area contributed by atoms with E-state index in [2.05, 4.69) is 42.0 Å². The predicted molar refractivity (Wildman–Crippen MR) is 104 cm³/mol. The van der Waals surface area contributed by atoms with Gasteiger partial charge in [0.2, 0.25) is 0 Å².